The Hall–Kier alpha value is -1.16. The van der Waals surface area contributed by atoms with Gasteiger partial charge in [0, 0.05) is 13.5 Å². The van der Waals surface area contributed by atoms with Gasteiger partial charge in [0.25, 0.3) is 0 Å². The molecule has 1 aliphatic carbocycles. The van der Waals surface area contributed by atoms with Crippen molar-refractivity contribution in [2.24, 2.45) is 0 Å². The van der Waals surface area contributed by atoms with E-state index in [2.05, 4.69) is 4.74 Å². The summed E-state index contributed by atoms with van der Waals surface area (Å²) in [6, 6.07) is 0. The fraction of sp³-hybridized carbons (Fsp3) is 0.429. The lowest BCUT2D eigenvalue weighted by Gasteiger charge is -2.22. The molecule has 1 unspecified atom stereocenters. The number of esters is 2. The molecule has 0 aromatic heterocycles. The number of rotatable bonds is 1. The lowest BCUT2D eigenvalue weighted by atomic mass is 9.87. The standard InChI is InChI=1S/C7H6O4/c1-10-4-2-3-5(4)7(9)11-6(3)8/h4H,2H2,1H3. The van der Waals surface area contributed by atoms with Crippen molar-refractivity contribution in [3.8, 4) is 0 Å². The summed E-state index contributed by atoms with van der Waals surface area (Å²) in [6.07, 6.45) is 0.292. The summed E-state index contributed by atoms with van der Waals surface area (Å²) in [5.41, 5.74) is 0.902. The van der Waals surface area contributed by atoms with Crippen LogP contribution in [0.5, 0.6) is 0 Å². The van der Waals surface area contributed by atoms with E-state index in [9.17, 15) is 9.59 Å². The molecule has 58 valence electrons. The highest BCUT2D eigenvalue weighted by Crippen LogP contribution is 2.36. The number of methoxy groups -OCH3 is 1. The van der Waals surface area contributed by atoms with E-state index in [0.29, 0.717) is 17.6 Å². The molecule has 0 radical (unpaired) electrons. The zero-order valence-corrected chi connectivity index (χ0v) is 5.92. The van der Waals surface area contributed by atoms with Gasteiger partial charge in [0.05, 0.1) is 17.3 Å². The van der Waals surface area contributed by atoms with Gasteiger partial charge in [0.2, 0.25) is 0 Å². The second-order valence-electron chi connectivity index (χ2n) is 2.50. The second kappa shape index (κ2) is 1.92. The van der Waals surface area contributed by atoms with Gasteiger partial charge in [0.15, 0.2) is 0 Å². The predicted molar refractivity (Wildman–Crippen MR) is 33.5 cm³/mol. The molecule has 2 rings (SSSR count). The van der Waals surface area contributed by atoms with Crippen LogP contribution in [0.4, 0.5) is 0 Å². The zero-order chi connectivity index (χ0) is 8.01. The van der Waals surface area contributed by atoms with Gasteiger partial charge in [-0.25, -0.2) is 9.59 Å². The van der Waals surface area contributed by atoms with Gasteiger partial charge in [0.1, 0.15) is 0 Å². The van der Waals surface area contributed by atoms with Crippen LogP contribution < -0.4 is 0 Å². The van der Waals surface area contributed by atoms with Crippen molar-refractivity contribution >= 4 is 11.9 Å². The Bertz CT molecular complexity index is 276. The second-order valence-corrected chi connectivity index (χ2v) is 2.50. The molecule has 0 aromatic rings. The lowest BCUT2D eigenvalue weighted by molar-refractivity contribution is -0.150. The number of carbonyl (C=O) groups excluding carboxylic acids is 2. The van der Waals surface area contributed by atoms with Crippen molar-refractivity contribution in [2.45, 2.75) is 12.5 Å². The lowest BCUT2D eigenvalue weighted by Crippen LogP contribution is -2.27. The molecule has 1 heterocycles. The minimum absolute atomic E-state index is 0.219. The van der Waals surface area contributed by atoms with Crippen LogP contribution in [0.1, 0.15) is 6.42 Å². The van der Waals surface area contributed by atoms with E-state index in [1.807, 2.05) is 0 Å². The van der Waals surface area contributed by atoms with E-state index in [1.54, 1.807) is 0 Å². The average Bonchev–Trinajstić information content (AvgIpc) is 2.03. The van der Waals surface area contributed by atoms with Crippen molar-refractivity contribution < 1.29 is 19.1 Å². The molecule has 0 saturated carbocycles. The molecule has 0 aromatic carbocycles. The van der Waals surface area contributed by atoms with Crippen LogP contribution in [0.15, 0.2) is 11.1 Å². The summed E-state index contributed by atoms with van der Waals surface area (Å²) in [4.78, 5) is 21.6. The highest BCUT2D eigenvalue weighted by atomic mass is 16.6. The van der Waals surface area contributed by atoms with Crippen molar-refractivity contribution in [1.82, 2.24) is 0 Å². The minimum atomic E-state index is -0.539. The predicted octanol–water partition coefficient (Wildman–Crippen LogP) is -0.215. The summed E-state index contributed by atoms with van der Waals surface area (Å²) in [7, 11) is 1.50. The number of hydrogen-bond donors (Lipinski definition) is 0. The van der Waals surface area contributed by atoms with Crippen molar-refractivity contribution in [2.75, 3.05) is 7.11 Å². The summed E-state index contributed by atoms with van der Waals surface area (Å²) in [5.74, 6) is -1.04. The topological polar surface area (TPSA) is 52.6 Å². The molecular formula is C7H6O4. The third-order valence-corrected chi connectivity index (χ3v) is 1.97. The fourth-order valence-electron chi connectivity index (χ4n) is 1.31. The first-order valence-corrected chi connectivity index (χ1v) is 3.26. The monoisotopic (exact) mass is 154 g/mol. The van der Waals surface area contributed by atoms with Crippen molar-refractivity contribution in [1.29, 1.82) is 0 Å². The molecule has 4 nitrogen and oxygen atoms in total. The Labute approximate surface area is 62.8 Å². The van der Waals surface area contributed by atoms with E-state index in [1.165, 1.54) is 7.11 Å². The van der Waals surface area contributed by atoms with E-state index >= 15 is 0 Å². The van der Waals surface area contributed by atoms with Gasteiger partial charge in [-0.3, -0.25) is 0 Å². The molecular weight excluding hydrogens is 148 g/mol. The van der Waals surface area contributed by atoms with Crippen LogP contribution in [0.25, 0.3) is 0 Å². The van der Waals surface area contributed by atoms with Gasteiger partial charge >= 0.3 is 11.9 Å². The first kappa shape index (κ1) is 6.54. The Balaban J connectivity index is 2.33. The molecule has 4 heteroatoms. The van der Waals surface area contributed by atoms with Crippen LogP contribution >= 0.6 is 0 Å². The quantitative estimate of drug-likeness (QED) is 0.387. The third-order valence-electron chi connectivity index (χ3n) is 1.97. The van der Waals surface area contributed by atoms with Crippen molar-refractivity contribution in [3.05, 3.63) is 11.1 Å². The first-order valence-electron chi connectivity index (χ1n) is 3.26. The average molecular weight is 154 g/mol. The normalized spacial score (nSPS) is 28.3. The first-order chi connectivity index (χ1) is 5.24. The van der Waals surface area contributed by atoms with Gasteiger partial charge in [-0.1, -0.05) is 0 Å². The molecule has 0 N–H and O–H groups in total. The maximum Gasteiger partial charge on any atom is 0.345 e. The highest BCUT2D eigenvalue weighted by Gasteiger charge is 2.46. The molecule has 0 amide bonds. The molecule has 0 spiro atoms. The fourth-order valence-corrected chi connectivity index (χ4v) is 1.31. The number of hydrogen-bond acceptors (Lipinski definition) is 4. The van der Waals surface area contributed by atoms with Gasteiger partial charge in [-0.2, -0.15) is 0 Å². The smallest absolute Gasteiger partial charge is 0.345 e. The zero-order valence-electron chi connectivity index (χ0n) is 5.92. The minimum Gasteiger partial charge on any atom is -0.386 e. The number of ether oxygens (including phenoxy) is 2. The summed E-state index contributed by atoms with van der Waals surface area (Å²) >= 11 is 0. The summed E-state index contributed by atoms with van der Waals surface area (Å²) in [6.45, 7) is 0. The van der Waals surface area contributed by atoms with Crippen LogP contribution in [0.2, 0.25) is 0 Å². The summed E-state index contributed by atoms with van der Waals surface area (Å²) < 4.78 is 9.26. The molecule has 2 aliphatic rings. The Morgan fingerprint density at radius 2 is 2.18 bits per heavy atom. The summed E-state index contributed by atoms with van der Waals surface area (Å²) in [5, 5.41) is 0. The van der Waals surface area contributed by atoms with E-state index < -0.39 is 11.9 Å². The van der Waals surface area contributed by atoms with E-state index in [0.717, 1.165) is 0 Å². The Kier molecular flexibility index (Phi) is 1.14. The largest absolute Gasteiger partial charge is 0.386 e. The Morgan fingerprint density at radius 3 is 2.73 bits per heavy atom. The molecule has 11 heavy (non-hydrogen) atoms. The Morgan fingerprint density at radius 1 is 1.45 bits per heavy atom. The van der Waals surface area contributed by atoms with Gasteiger partial charge in [-0.05, 0) is 0 Å². The maximum absolute atomic E-state index is 10.8. The molecule has 0 saturated heterocycles. The van der Waals surface area contributed by atoms with Crippen LogP contribution in [-0.2, 0) is 19.1 Å². The molecule has 1 aliphatic heterocycles. The highest BCUT2D eigenvalue weighted by molar-refractivity contribution is 6.15. The van der Waals surface area contributed by atoms with Crippen LogP contribution in [-0.4, -0.2) is 25.2 Å². The van der Waals surface area contributed by atoms with Crippen molar-refractivity contribution in [3.63, 3.8) is 0 Å². The van der Waals surface area contributed by atoms with Crippen LogP contribution in [0, 0.1) is 0 Å². The number of cyclic esters (lactones) is 2. The molecule has 0 fully saturated rings. The van der Waals surface area contributed by atoms with Gasteiger partial charge in [-0.15, -0.1) is 0 Å². The third kappa shape index (κ3) is 0.670. The van der Waals surface area contributed by atoms with E-state index in [4.69, 9.17) is 4.74 Å². The molecule has 1 atom stereocenters. The van der Waals surface area contributed by atoms with Crippen LogP contribution in [0.3, 0.4) is 0 Å². The molecule has 0 bridgehead atoms. The maximum atomic E-state index is 10.8. The number of carbonyl (C=O) groups is 2. The van der Waals surface area contributed by atoms with E-state index in [-0.39, 0.29) is 6.10 Å². The van der Waals surface area contributed by atoms with Gasteiger partial charge < -0.3 is 9.47 Å². The SMILES string of the molecule is COC1CC2=C1C(=O)OC2=O.